The van der Waals surface area contributed by atoms with Gasteiger partial charge in [0.15, 0.2) is 5.96 Å². The fourth-order valence-corrected chi connectivity index (χ4v) is 2.99. The molecular weight excluding hydrogens is 352 g/mol. The number of rotatable bonds is 10. The number of likely N-dealkylation sites (N-methyl/N-ethyl adjacent to an activating group) is 1. The number of hydrogen-bond donors (Lipinski definition) is 2. The van der Waals surface area contributed by atoms with Gasteiger partial charge < -0.3 is 19.8 Å². The lowest BCUT2D eigenvalue weighted by Gasteiger charge is -2.23. The summed E-state index contributed by atoms with van der Waals surface area (Å²) in [6.07, 6.45) is 4.29. The molecule has 2 aromatic rings. The van der Waals surface area contributed by atoms with Crippen LogP contribution in [0.2, 0.25) is 0 Å². The third-order valence-corrected chi connectivity index (χ3v) is 4.85. The lowest BCUT2D eigenvalue weighted by molar-refractivity contribution is 0.258. The second kappa shape index (κ2) is 10.2. The van der Waals surface area contributed by atoms with Crippen molar-refractivity contribution in [3.05, 3.63) is 54.0 Å². The van der Waals surface area contributed by atoms with Gasteiger partial charge in [0.25, 0.3) is 0 Å². The zero-order chi connectivity index (χ0) is 19.8. The molecule has 1 aliphatic rings. The van der Waals surface area contributed by atoms with Crippen LogP contribution in [0, 0.1) is 5.92 Å². The van der Waals surface area contributed by atoms with E-state index in [4.69, 9.17) is 14.1 Å². The van der Waals surface area contributed by atoms with E-state index in [0.717, 1.165) is 42.1 Å². The van der Waals surface area contributed by atoms with E-state index in [2.05, 4.69) is 28.5 Å². The SMILES string of the molecule is CCNC(=NCc1ccccc1OCC1CC1)NCC(c1ccco1)N(C)C. The summed E-state index contributed by atoms with van der Waals surface area (Å²) in [6.45, 7) is 4.96. The van der Waals surface area contributed by atoms with Gasteiger partial charge in [0.05, 0.1) is 25.5 Å². The van der Waals surface area contributed by atoms with E-state index in [1.54, 1.807) is 6.26 Å². The monoisotopic (exact) mass is 384 g/mol. The molecular formula is C22H32N4O2. The molecule has 0 radical (unpaired) electrons. The number of ether oxygens (including phenoxy) is 1. The average molecular weight is 385 g/mol. The number of para-hydroxylation sites is 1. The quantitative estimate of drug-likeness (QED) is 0.485. The normalized spacial score (nSPS) is 15.5. The minimum Gasteiger partial charge on any atom is -0.493 e. The van der Waals surface area contributed by atoms with Gasteiger partial charge in [-0.15, -0.1) is 0 Å². The number of benzene rings is 1. The molecule has 28 heavy (non-hydrogen) atoms. The minimum atomic E-state index is 0.132. The maximum absolute atomic E-state index is 6.00. The molecule has 3 rings (SSSR count). The Bertz CT molecular complexity index is 739. The van der Waals surface area contributed by atoms with Gasteiger partial charge in [-0.1, -0.05) is 18.2 Å². The summed E-state index contributed by atoms with van der Waals surface area (Å²) in [5.41, 5.74) is 1.11. The highest BCUT2D eigenvalue weighted by atomic mass is 16.5. The molecule has 1 heterocycles. The summed E-state index contributed by atoms with van der Waals surface area (Å²) in [5.74, 6) is 3.40. The highest BCUT2D eigenvalue weighted by Crippen LogP contribution is 2.30. The minimum absolute atomic E-state index is 0.132. The van der Waals surface area contributed by atoms with Crippen molar-refractivity contribution >= 4 is 5.96 Å². The van der Waals surface area contributed by atoms with Gasteiger partial charge in [-0.05, 0) is 58.0 Å². The van der Waals surface area contributed by atoms with Crippen LogP contribution < -0.4 is 15.4 Å². The first-order chi connectivity index (χ1) is 13.7. The zero-order valence-corrected chi connectivity index (χ0v) is 17.1. The predicted molar refractivity (Wildman–Crippen MR) is 113 cm³/mol. The second-order valence-corrected chi connectivity index (χ2v) is 7.43. The van der Waals surface area contributed by atoms with Gasteiger partial charge in [-0.25, -0.2) is 4.99 Å². The van der Waals surface area contributed by atoms with Crippen LogP contribution in [-0.2, 0) is 6.54 Å². The molecule has 6 nitrogen and oxygen atoms in total. The molecule has 2 N–H and O–H groups in total. The number of guanidine groups is 1. The smallest absolute Gasteiger partial charge is 0.191 e. The highest BCUT2D eigenvalue weighted by molar-refractivity contribution is 5.79. The van der Waals surface area contributed by atoms with Crippen LogP contribution in [0.1, 0.15) is 37.1 Å². The van der Waals surface area contributed by atoms with Crippen molar-refractivity contribution in [2.75, 3.05) is 33.8 Å². The van der Waals surface area contributed by atoms with Gasteiger partial charge in [-0.2, -0.15) is 0 Å². The van der Waals surface area contributed by atoms with Crippen molar-refractivity contribution in [2.45, 2.75) is 32.4 Å². The van der Waals surface area contributed by atoms with Crippen LogP contribution in [0.3, 0.4) is 0 Å². The molecule has 1 saturated carbocycles. The van der Waals surface area contributed by atoms with Crippen molar-refractivity contribution in [3.8, 4) is 5.75 Å². The first-order valence-corrected chi connectivity index (χ1v) is 10.1. The van der Waals surface area contributed by atoms with Crippen molar-refractivity contribution in [1.29, 1.82) is 0 Å². The molecule has 1 aromatic carbocycles. The molecule has 1 fully saturated rings. The van der Waals surface area contributed by atoms with Gasteiger partial charge in [0.2, 0.25) is 0 Å². The molecule has 0 spiro atoms. The van der Waals surface area contributed by atoms with E-state index in [-0.39, 0.29) is 6.04 Å². The van der Waals surface area contributed by atoms with Gasteiger partial charge in [0.1, 0.15) is 11.5 Å². The Kier molecular flexibility index (Phi) is 7.37. The van der Waals surface area contributed by atoms with Crippen LogP contribution in [0.4, 0.5) is 0 Å². The predicted octanol–water partition coefficient (Wildman–Crippen LogP) is 3.43. The summed E-state index contributed by atoms with van der Waals surface area (Å²) in [5, 5.41) is 6.76. The number of furan rings is 1. The fraction of sp³-hybridized carbons (Fsp3) is 0.500. The van der Waals surface area contributed by atoms with Gasteiger partial charge in [0, 0.05) is 18.7 Å². The van der Waals surface area contributed by atoms with Crippen LogP contribution in [0.5, 0.6) is 5.75 Å². The van der Waals surface area contributed by atoms with Gasteiger partial charge in [-0.3, -0.25) is 4.90 Å². The van der Waals surface area contributed by atoms with Crippen molar-refractivity contribution in [1.82, 2.24) is 15.5 Å². The third kappa shape index (κ3) is 6.02. The molecule has 1 atom stereocenters. The first kappa shape index (κ1) is 20.3. The van der Waals surface area contributed by atoms with Crippen molar-refractivity contribution in [3.63, 3.8) is 0 Å². The number of nitrogens with one attached hydrogen (secondary N) is 2. The van der Waals surface area contributed by atoms with E-state index < -0.39 is 0 Å². The molecule has 152 valence electrons. The molecule has 1 aromatic heterocycles. The number of aliphatic imine (C=N–C) groups is 1. The Morgan fingerprint density at radius 3 is 2.71 bits per heavy atom. The summed E-state index contributed by atoms with van der Waals surface area (Å²) >= 11 is 0. The number of hydrogen-bond acceptors (Lipinski definition) is 4. The summed E-state index contributed by atoms with van der Waals surface area (Å²) in [4.78, 5) is 6.90. The average Bonchev–Trinajstić information content (AvgIpc) is 3.37. The zero-order valence-electron chi connectivity index (χ0n) is 17.1. The Balaban J connectivity index is 1.62. The molecule has 1 unspecified atom stereocenters. The fourth-order valence-electron chi connectivity index (χ4n) is 2.99. The van der Waals surface area contributed by atoms with Crippen molar-refractivity contribution in [2.24, 2.45) is 10.9 Å². The molecule has 0 amide bonds. The lowest BCUT2D eigenvalue weighted by Crippen LogP contribution is -2.41. The topological polar surface area (TPSA) is 62.0 Å². The summed E-state index contributed by atoms with van der Waals surface area (Å²) < 4.78 is 11.6. The van der Waals surface area contributed by atoms with E-state index in [9.17, 15) is 0 Å². The molecule has 6 heteroatoms. The van der Waals surface area contributed by atoms with Crippen molar-refractivity contribution < 1.29 is 9.15 Å². The van der Waals surface area contributed by atoms with Crippen LogP contribution >= 0.6 is 0 Å². The van der Waals surface area contributed by atoms with Crippen LogP contribution in [-0.4, -0.2) is 44.7 Å². The Morgan fingerprint density at radius 2 is 2.04 bits per heavy atom. The van der Waals surface area contributed by atoms with Gasteiger partial charge >= 0.3 is 0 Å². The molecule has 0 bridgehead atoms. The third-order valence-electron chi connectivity index (χ3n) is 4.85. The van der Waals surface area contributed by atoms with E-state index in [1.165, 1.54) is 12.8 Å². The lowest BCUT2D eigenvalue weighted by atomic mass is 10.2. The maximum Gasteiger partial charge on any atom is 0.191 e. The van der Waals surface area contributed by atoms with E-state index in [0.29, 0.717) is 13.1 Å². The number of nitrogens with zero attached hydrogens (tertiary/aromatic N) is 2. The Labute approximate surface area is 168 Å². The standard InChI is InChI=1S/C22H32N4O2/c1-4-23-22(25-15-19(26(2)3)21-10-7-13-27-21)24-14-18-8-5-6-9-20(18)28-16-17-11-12-17/h5-10,13,17,19H,4,11-12,14-16H2,1-3H3,(H2,23,24,25). The van der Waals surface area contributed by atoms with E-state index in [1.807, 2.05) is 44.4 Å². The first-order valence-electron chi connectivity index (χ1n) is 10.1. The second-order valence-electron chi connectivity index (χ2n) is 7.43. The largest absolute Gasteiger partial charge is 0.493 e. The summed E-state index contributed by atoms with van der Waals surface area (Å²) in [6, 6.07) is 12.2. The molecule has 1 aliphatic carbocycles. The Hall–Kier alpha value is -2.47. The van der Waals surface area contributed by atoms with E-state index >= 15 is 0 Å². The highest BCUT2D eigenvalue weighted by Gasteiger charge is 2.22. The maximum atomic E-state index is 6.00. The molecule has 0 saturated heterocycles. The van der Waals surface area contributed by atoms with Crippen LogP contribution in [0.25, 0.3) is 0 Å². The van der Waals surface area contributed by atoms with Crippen LogP contribution in [0.15, 0.2) is 52.1 Å². The Morgan fingerprint density at radius 1 is 1.21 bits per heavy atom. The molecule has 0 aliphatic heterocycles. The summed E-state index contributed by atoms with van der Waals surface area (Å²) in [7, 11) is 4.10.